The molecule has 1 aromatic carbocycles. The molecular formula is C26H28FN5O6S. The average Bonchev–Trinajstić information content (AvgIpc) is 3.52. The van der Waals surface area contributed by atoms with E-state index >= 15 is 0 Å². The van der Waals surface area contributed by atoms with Crippen LogP contribution in [0.5, 0.6) is 0 Å². The summed E-state index contributed by atoms with van der Waals surface area (Å²) in [6.07, 6.45) is 1.90. The molecule has 0 aliphatic carbocycles. The molecule has 0 bridgehead atoms. The number of alkyl halides is 1. The van der Waals surface area contributed by atoms with Crippen molar-refractivity contribution in [2.45, 2.75) is 42.5 Å². The van der Waals surface area contributed by atoms with E-state index in [9.17, 15) is 22.4 Å². The van der Waals surface area contributed by atoms with Gasteiger partial charge >= 0.3 is 5.97 Å². The van der Waals surface area contributed by atoms with Crippen LogP contribution in [0.2, 0.25) is 0 Å². The van der Waals surface area contributed by atoms with Crippen LogP contribution in [0.3, 0.4) is 0 Å². The van der Waals surface area contributed by atoms with E-state index in [0.717, 1.165) is 27.6 Å². The van der Waals surface area contributed by atoms with Crippen LogP contribution >= 0.6 is 0 Å². The fourth-order valence-corrected chi connectivity index (χ4v) is 5.80. The Morgan fingerprint density at radius 2 is 2.00 bits per heavy atom. The molecule has 2 aromatic heterocycles. The summed E-state index contributed by atoms with van der Waals surface area (Å²) in [4.78, 5) is 36.9. The van der Waals surface area contributed by atoms with Crippen LogP contribution in [0.15, 0.2) is 47.5 Å². The van der Waals surface area contributed by atoms with Crippen molar-refractivity contribution in [1.29, 1.82) is 5.41 Å². The molecule has 1 fully saturated rings. The lowest BCUT2D eigenvalue weighted by Gasteiger charge is -2.40. The molecule has 39 heavy (non-hydrogen) atoms. The Kier molecular flexibility index (Phi) is 7.02. The number of nitrogens with one attached hydrogen (secondary N) is 2. The maximum atomic E-state index is 14.1. The Hall–Kier alpha value is -4.00. The highest BCUT2D eigenvalue weighted by Crippen LogP contribution is 2.41. The molecule has 0 unspecified atom stereocenters. The minimum atomic E-state index is -3.52. The lowest BCUT2D eigenvalue weighted by molar-refractivity contribution is -0.156. The number of halogens is 1. The van der Waals surface area contributed by atoms with Crippen molar-refractivity contribution in [3.63, 3.8) is 0 Å². The normalized spacial score (nSPS) is 21.1. The third kappa shape index (κ3) is 4.93. The van der Waals surface area contributed by atoms with E-state index in [4.69, 9.17) is 14.9 Å². The minimum absolute atomic E-state index is 0.00416. The quantitative estimate of drug-likeness (QED) is 0.210. The lowest BCUT2D eigenvalue weighted by atomic mass is 9.89. The zero-order chi connectivity index (χ0) is 27.9. The molecule has 1 saturated heterocycles. The van der Waals surface area contributed by atoms with Crippen LogP contribution in [0, 0.1) is 5.41 Å². The molecule has 0 radical (unpaired) electrons. The molecule has 5 rings (SSSR count). The van der Waals surface area contributed by atoms with Gasteiger partial charge in [0.2, 0.25) is 0 Å². The number of hydrogen-bond donors (Lipinski definition) is 2. The molecule has 11 nitrogen and oxygen atoms in total. The van der Waals surface area contributed by atoms with Gasteiger partial charge in [0.25, 0.3) is 11.9 Å². The monoisotopic (exact) mass is 557 g/mol. The molecule has 1 amide bonds. The number of amidine groups is 1. The number of nitrogens with zero attached hydrogens (tertiary/aromatic N) is 3. The van der Waals surface area contributed by atoms with Gasteiger partial charge in [0, 0.05) is 42.0 Å². The van der Waals surface area contributed by atoms with E-state index in [1.165, 1.54) is 30.3 Å². The van der Waals surface area contributed by atoms with Gasteiger partial charge in [-0.1, -0.05) is 18.2 Å². The van der Waals surface area contributed by atoms with Crippen LogP contribution in [0.25, 0.3) is 10.9 Å². The van der Waals surface area contributed by atoms with Crippen LogP contribution in [-0.4, -0.2) is 84.9 Å². The van der Waals surface area contributed by atoms with Crippen molar-refractivity contribution < 1.29 is 31.9 Å². The number of fused-ring (bicyclic) bond motifs is 3. The Labute approximate surface area is 224 Å². The summed E-state index contributed by atoms with van der Waals surface area (Å²) in [5, 5.41) is 8.98. The van der Waals surface area contributed by atoms with Crippen molar-refractivity contribution in [3.8, 4) is 0 Å². The molecule has 206 valence electrons. The molecule has 4 heterocycles. The van der Waals surface area contributed by atoms with E-state index in [2.05, 4.69) is 9.97 Å². The van der Waals surface area contributed by atoms with Gasteiger partial charge in [0.15, 0.2) is 22.7 Å². The molecule has 3 aromatic rings. The SMILES string of the molecule is COC(=O)[C@H]1Cc2c([nH]c3ccccc23)[C@H](c2ccc(S(C)(=O)=O)cn2)N1C(=O)COC(=N)N1CCC[C@@H]1F. The number of ether oxygens (including phenoxy) is 2. The minimum Gasteiger partial charge on any atom is -0.467 e. The van der Waals surface area contributed by atoms with Gasteiger partial charge in [-0.2, -0.15) is 0 Å². The maximum Gasteiger partial charge on any atom is 0.328 e. The fourth-order valence-electron chi connectivity index (χ4n) is 5.24. The molecular weight excluding hydrogens is 529 g/mol. The van der Waals surface area contributed by atoms with Crippen LogP contribution in [0.1, 0.15) is 35.8 Å². The Bertz CT molecular complexity index is 1540. The van der Waals surface area contributed by atoms with Crippen molar-refractivity contribution in [1.82, 2.24) is 19.8 Å². The second-order valence-electron chi connectivity index (χ2n) is 9.56. The van der Waals surface area contributed by atoms with E-state index in [1.807, 2.05) is 24.3 Å². The molecule has 2 N–H and O–H groups in total. The molecule has 0 saturated carbocycles. The van der Waals surface area contributed by atoms with E-state index in [0.29, 0.717) is 24.4 Å². The number of aromatic amines is 1. The number of pyridine rings is 1. The first-order valence-electron chi connectivity index (χ1n) is 12.4. The van der Waals surface area contributed by atoms with Gasteiger partial charge in [-0.3, -0.25) is 20.1 Å². The summed E-state index contributed by atoms with van der Waals surface area (Å²) in [7, 11) is -2.30. The number of hydrogen-bond acceptors (Lipinski definition) is 8. The number of carbonyl (C=O) groups excluding carboxylic acids is 2. The first-order valence-corrected chi connectivity index (χ1v) is 14.3. The van der Waals surface area contributed by atoms with Gasteiger partial charge in [0.1, 0.15) is 12.1 Å². The van der Waals surface area contributed by atoms with Gasteiger partial charge in [-0.25, -0.2) is 17.6 Å². The number of benzene rings is 1. The summed E-state index contributed by atoms with van der Waals surface area (Å²) >= 11 is 0. The Morgan fingerprint density at radius 3 is 2.64 bits per heavy atom. The van der Waals surface area contributed by atoms with Crippen molar-refractivity contribution in [2.24, 2.45) is 0 Å². The van der Waals surface area contributed by atoms with Gasteiger partial charge in [0.05, 0.1) is 17.7 Å². The third-order valence-corrected chi connectivity index (χ3v) is 8.23. The number of amides is 1. The smallest absolute Gasteiger partial charge is 0.328 e. The number of aromatic nitrogens is 2. The molecule has 13 heteroatoms. The lowest BCUT2D eigenvalue weighted by Crippen LogP contribution is -2.53. The summed E-state index contributed by atoms with van der Waals surface area (Å²) < 4.78 is 48.6. The van der Waals surface area contributed by atoms with Crippen molar-refractivity contribution in [3.05, 3.63) is 59.5 Å². The Balaban J connectivity index is 1.57. The van der Waals surface area contributed by atoms with Crippen LogP contribution < -0.4 is 0 Å². The van der Waals surface area contributed by atoms with Gasteiger partial charge < -0.3 is 19.4 Å². The number of rotatable bonds is 5. The van der Waals surface area contributed by atoms with Crippen molar-refractivity contribution in [2.75, 3.05) is 26.5 Å². The predicted octanol–water partition coefficient (Wildman–Crippen LogP) is 2.32. The van der Waals surface area contributed by atoms with Crippen LogP contribution in [0.4, 0.5) is 4.39 Å². The second-order valence-corrected chi connectivity index (χ2v) is 11.6. The summed E-state index contributed by atoms with van der Waals surface area (Å²) in [6.45, 7) is -0.316. The largest absolute Gasteiger partial charge is 0.467 e. The Morgan fingerprint density at radius 1 is 1.23 bits per heavy atom. The first kappa shape index (κ1) is 26.6. The van der Waals surface area contributed by atoms with E-state index < -0.39 is 52.7 Å². The molecule has 2 aliphatic rings. The second kappa shape index (κ2) is 10.3. The van der Waals surface area contributed by atoms with Crippen molar-refractivity contribution >= 4 is 38.6 Å². The fraction of sp³-hybridized carbons (Fsp3) is 0.385. The number of para-hydroxylation sites is 1. The summed E-state index contributed by atoms with van der Waals surface area (Å²) in [5.41, 5.74) is 2.52. The molecule has 3 atom stereocenters. The number of H-pyrrole nitrogens is 1. The van der Waals surface area contributed by atoms with Crippen LogP contribution in [-0.2, 0) is 35.3 Å². The summed E-state index contributed by atoms with van der Waals surface area (Å²) in [5.74, 6) is -1.30. The maximum absolute atomic E-state index is 14.1. The third-order valence-electron chi connectivity index (χ3n) is 7.13. The highest BCUT2D eigenvalue weighted by atomic mass is 32.2. The predicted molar refractivity (Wildman–Crippen MR) is 138 cm³/mol. The number of esters is 1. The number of sulfone groups is 1. The zero-order valence-corrected chi connectivity index (χ0v) is 22.2. The topological polar surface area (TPSA) is 146 Å². The highest BCUT2D eigenvalue weighted by Gasteiger charge is 2.45. The van der Waals surface area contributed by atoms with Gasteiger partial charge in [-0.05, 0) is 36.6 Å². The molecule has 0 spiro atoms. The zero-order valence-electron chi connectivity index (χ0n) is 21.4. The van der Waals surface area contributed by atoms with E-state index in [-0.39, 0.29) is 17.7 Å². The number of methoxy groups -OCH3 is 1. The average molecular weight is 558 g/mol. The molecule has 2 aliphatic heterocycles. The first-order chi connectivity index (χ1) is 18.6. The summed E-state index contributed by atoms with van der Waals surface area (Å²) in [6, 6.07) is 7.94. The van der Waals surface area contributed by atoms with Gasteiger partial charge in [-0.15, -0.1) is 0 Å². The van der Waals surface area contributed by atoms with E-state index in [1.54, 1.807) is 0 Å². The standard InChI is InChI=1S/C26H28FN5O6S/c1-37-25(34)20-12-17-16-6-3-4-7-18(16)30-23(17)24(19-10-9-15(13-29-19)39(2,35)36)32(20)22(33)14-38-26(28)31-11-5-8-21(31)27/h3-4,6-7,9-10,13,20-21,24,28,30H,5,8,11-12,14H2,1-2H3/t20-,21-,24+/m1/s1. The number of carbonyl (C=O) groups is 2. The highest BCUT2D eigenvalue weighted by molar-refractivity contribution is 7.90. The number of likely N-dealkylation sites (tertiary alicyclic amines) is 1.